The summed E-state index contributed by atoms with van der Waals surface area (Å²) in [4.78, 5) is 30.5. The van der Waals surface area contributed by atoms with Crippen LogP contribution in [0.3, 0.4) is 0 Å². The third-order valence-corrected chi connectivity index (χ3v) is 7.62. The van der Waals surface area contributed by atoms with Gasteiger partial charge in [0.2, 0.25) is 11.8 Å². The van der Waals surface area contributed by atoms with Crippen LogP contribution in [0.5, 0.6) is 0 Å². The van der Waals surface area contributed by atoms with Crippen molar-refractivity contribution in [1.29, 1.82) is 0 Å². The van der Waals surface area contributed by atoms with Gasteiger partial charge < -0.3 is 19.1 Å². The van der Waals surface area contributed by atoms with Crippen molar-refractivity contribution in [2.24, 2.45) is 5.41 Å². The summed E-state index contributed by atoms with van der Waals surface area (Å²) in [7, 11) is 1.58. The normalized spacial score (nSPS) is 14.6. The van der Waals surface area contributed by atoms with Gasteiger partial charge in [0, 0.05) is 44.0 Å². The molecule has 0 aliphatic heterocycles. The number of alkyl halides is 1. The summed E-state index contributed by atoms with van der Waals surface area (Å²) in [6, 6.07) is 10.6. The average molecular weight is 520 g/mol. The van der Waals surface area contributed by atoms with E-state index in [0.29, 0.717) is 26.2 Å². The molecule has 198 valence electrons. The summed E-state index contributed by atoms with van der Waals surface area (Å²) in [6.07, 6.45) is 7.28. The first kappa shape index (κ1) is 28.2. The van der Waals surface area contributed by atoms with Crippen LogP contribution in [0, 0.1) is 11.2 Å². The number of methoxy groups -OCH3 is 1. The predicted molar refractivity (Wildman–Crippen MR) is 140 cm³/mol. The second kappa shape index (κ2) is 13.2. The molecule has 2 aromatic rings. The molecule has 6 nitrogen and oxygen atoms in total. The quantitative estimate of drug-likeness (QED) is 0.368. The number of aromatic nitrogens is 1. The van der Waals surface area contributed by atoms with Crippen LogP contribution in [0.2, 0.25) is 0 Å². The van der Waals surface area contributed by atoms with Crippen LogP contribution >= 0.6 is 11.6 Å². The lowest BCUT2D eigenvalue weighted by Crippen LogP contribution is -2.51. The number of rotatable bonds is 12. The van der Waals surface area contributed by atoms with Gasteiger partial charge in [-0.3, -0.25) is 9.59 Å². The van der Waals surface area contributed by atoms with Crippen molar-refractivity contribution in [1.82, 2.24) is 14.4 Å². The van der Waals surface area contributed by atoms with Gasteiger partial charge in [0.05, 0.1) is 25.1 Å². The van der Waals surface area contributed by atoms with Gasteiger partial charge in [-0.15, -0.1) is 11.6 Å². The van der Waals surface area contributed by atoms with Gasteiger partial charge in [-0.25, -0.2) is 4.39 Å². The summed E-state index contributed by atoms with van der Waals surface area (Å²) in [6.45, 7) is 5.34. The van der Waals surface area contributed by atoms with E-state index in [4.69, 9.17) is 16.3 Å². The molecule has 0 N–H and O–H groups in total. The molecular formula is C28H39ClFN3O3. The molecule has 3 rings (SSSR count). The summed E-state index contributed by atoms with van der Waals surface area (Å²) < 4.78 is 20.7. The molecule has 1 aliphatic rings. The number of carbonyl (C=O) groups is 2. The second-order valence-corrected chi connectivity index (χ2v) is 10.6. The highest BCUT2D eigenvalue weighted by molar-refractivity contribution is 6.19. The number of nitrogens with zero attached hydrogens (tertiary/aromatic N) is 3. The van der Waals surface area contributed by atoms with Crippen molar-refractivity contribution < 1.29 is 18.7 Å². The van der Waals surface area contributed by atoms with Crippen molar-refractivity contribution in [3.05, 3.63) is 59.7 Å². The molecule has 36 heavy (non-hydrogen) atoms. The molecule has 1 aromatic heterocycles. The Bertz CT molecular complexity index is 986. The van der Waals surface area contributed by atoms with Crippen LogP contribution in [0.1, 0.15) is 57.2 Å². The van der Waals surface area contributed by atoms with Crippen LogP contribution in [0.4, 0.5) is 4.39 Å². The van der Waals surface area contributed by atoms with Crippen molar-refractivity contribution in [3.8, 4) is 0 Å². The SMILES string of the molecule is COCCN(CC(=O)N(Cc1cccn1Cc1ccc(F)cc1)C1CCCCC1)C(=O)C(C)(C)CCl. The largest absolute Gasteiger partial charge is 0.383 e. The van der Waals surface area contributed by atoms with Gasteiger partial charge in [0.25, 0.3) is 0 Å². The molecule has 0 radical (unpaired) electrons. The first-order chi connectivity index (χ1) is 17.2. The summed E-state index contributed by atoms with van der Waals surface area (Å²) in [5, 5.41) is 0. The zero-order chi connectivity index (χ0) is 26.1. The fraction of sp³-hybridized carbons (Fsp3) is 0.571. The Morgan fingerprint density at radius 1 is 1.14 bits per heavy atom. The van der Waals surface area contributed by atoms with Gasteiger partial charge in [0.1, 0.15) is 5.82 Å². The van der Waals surface area contributed by atoms with Gasteiger partial charge in [-0.05, 0) is 56.5 Å². The Morgan fingerprint density at radius 2 is 1.83 bits per heavy atom. The summed E-state index contributed by atoms with van der Waals surface area (Å²) in [5.41, 5.74) is 1.23. The smallest absolute Gasteiger partial charge is 0.242 e. The van der Waals surface area contributed by atoms with Crippen LogP contribution < -0.4 is 0 Å². The first-order valence-electron chi connectivity index (χ1n) is 12.8. The van der Waals surface area contributed by atoms with E-state index in [1.807, 2.05) is 23.2 Å². The maximum atomic E-state index is 13.8. The Labute approximate surface area is 219 Å². The molecule has 1 heterocycles. The first-order valence-corrected chi connectivity index (χ1v) is 13.3. The fourth-order valence-corrected chi connectivity index (χ4v) is 4.83. The molecule has 2 amide bonds. The van der Waals surface area contributed by atoms with Crippen LogP contribution in [-0.2, 0) is 27.4 Å². The maximum Gasteiger partial charge on any atom is 0.242 e. The summed E-state index contributed by atoms with van der Waals surface area (Å²) in [5.74, 6) is -0.296. The number of benzene rings is 1. The number of hydrogen-bond acceptors (Lipinski definition) is 3. The molecule has 0 spiro atoms. The third-order valence-electron chi connectivity index (χ3n) is 6.95. The number of amides is 2. The summed E-state index contributed by atoms with van der Waals surface area (Å²) >= 11 is 6.08. The van der Waals surface area contributed by atoms with E-state index in [0.717, 1.165) is 36.9 Å². The van der Waals surface area contributed by atoms with Gasteiger partial charge in [-0.1, -0.05) is 31.4 Å². The van der Waals surface area contributed by atoms with Crippen molar-refractivity contribution in [2.45, 2.75) is 65.1 Å². The molecule has 8 heteroatoms. The highest BCUT2D eigenvalue weighted by Gasteiger charge is 2.34. The van der Waals surface area contributed by atoms with E-state index in [9.17, 15) is 14.0 Å². The molecule has 0 unspecified atom stereocenters. The van der Waals surface area contributed by atoms with E-state index in [2.05, 4.69) is 4.57 Å². The van der Waals surface area contributed by atoms with Crippen molar-refractivity contribution >= 4 is 23.4 Å². The van der Waals surface area contributed by atoms with E-state index in [-0.39, 0.29) is 36.1 Å². The minimum atomic E-state index is -0.769. The van der Waals surface area contributed by atoms with Crippen LogP contribution in [-0.4, -0.2) is 64.9 Å². The molecule has 1 fully saturated rings. The van der Waals surface area contributed by atoms with Crippen molar-refractivity contribution in [2.75, 3.05) is 32.7 Å². The lowest BCUT2D eigenvalue weighted by atomic mass is 9.93. The zero-order valence-corrected chi connectivity index (χ0v) is 22.5. The van der Waals surface area contributed by atoms with E-state index in [1.165, 1.54) is 18.6 Å². The van der Waals surface area contributed by atoms with Gasteiger partial charge in [0.15, 0.2) is 0 Å². The minimum absolute atomic E-state index is 0.00230. The zero-order valence-electron chi connectivity index (χ0n) is 21.7. The number of hydrogen-bond donors (Lipinski definition) is 0. The monoisotopic (exact) mass is 519 g/mol. The fourth-order valence-electron chi connectivity index (χ4n) is 4.72. The van der Waals surface area contributed by atoms with Crippen LogP contribution in [0.25, 0.3) is 0 Å². The predicted octanol–water partition coefficient (Wildman–Crippen LogP) is 5.08. The van der Waals surface area contributed by atoms with Gasteiger partial charge in [-0.2, -0.15) is 0 Å². The number of carbonyl (C=O) groups excluding carboxylic acids is 2. The highest BCUT2D eigenvalue weighted by Crippen LogP contribution is 2.26. The van der Waals surface area contributed by atoms with E-state index < -0.39 is 5.41 Å². The van der Waals surface area contributed by atoms with E-state index >= 15 is 0 Å². The molecule has 0 bridgehead atoms. The number of ether oxygens (including phenoxy) is 1. The molecular weight excluding hydrogens is 481 g/mol. The Hall–Kier alpha value is -2.38. The van der Waals surface area contributed by atoms with Crippen molar-refractivity contribution in [3.63, 3.8) is 0 Å². The van der Waals surface area contributed by atoms with Crippen LogP contribution in [0.15, 0.2) is 42.6 Å². The third kappa shape index (κ3) is 7.56. The Kier molecular flexibility index (Phi) is 10.4. The standard InChI is InChI=1S/C28H39ClFN3O3/c1-28(2,21-29)27(35)32(16-17-36-3)20-26(34)33(24-8-5-4-6-9-24)19-25-10-7-15-31(25)18-22-11-13-23(30)14-12-22/h7,10-15,24H,4-6,8-9,16-21H2,1-3H3. The number of halogens is 2. The lowest BCUT2D eigenvalue weighted by Gasteiger charge is -2.37. The maximum absolute atomic E-state index is 13.8. The second-order valence-electron chi connectivity index (χ2n) is 10.3. The molecule has 1 aromatic carbocycles. The molecule has 1 aliphatic carbocycles. The minimum Gasteiger partial charge on any atom is -0.383 e. The average Bonchev–Trinajstić information content (AvgIpc) is 3.32. The lowest BCUT2D eigenvalue weighted by molar-refractivity contribution is -0.147. The Balaban J connectivity index is 1.81. The van der Waals surface area contributed by atoms with E-state index in [1.54, 1.807) is 38.0 Å². The topological polar surface area (TPSA) is 54.8 Å². The molecule has 0 atom stereocenters. The van der Waals surface area contributed by atoms with Gasteiger partial charge >= 0.3 is 0 Å². The Morgan fingerprint density at radius 3 is 2.47 bits per heavy atom. The highest BCUT2D eigenvalue weighted by atomic mass is 35.5. The molecule has 0 saturated heterocycles. The molecule has 1 saturated carbocycles.